The summed E-state index contributed by atoms with van der Waals surface area (Å²) in [5, 5.41) is 0. The molecule has 0 aliphatic rings. The van der Waals surface area contributed by atoms with Crippen LogP contribution in [0, 0.1) is 6.92 Å². The number of carbonyl (C=O) groups is 1. The summed E-state index contributed by atoms with van der Waals surface area (Å²) in [5.41, 5.74) is 1.31. The van der Waals surface area contributed by atoms with Gasteiger partial charge in [-0.2, -0.15) is 0 Å². The Bertz CT molecular complexity index is 358. The van der Waals surface area contributed by atoms with Crippen molar-refractivity contribution in [1.82, 2.24) is 9.97 Å². The van der Waals surface area contributed by atoms with Crippen LogP contribution < -0.4 is 0 Å². The van der Waals surface area contributed by atoms with E-state index in [-0.39, 0.29) is 4.75 Å². The largest absolute Gasteiger partial charge is 0.296 e. The lowest BCUT2D eigenvalue weighted by atomic mass is 10.3. The van der Waals surface area contributed by atoms with Gasteiger partial charge >= 0.3 is 0 Å². The smallest absolute Gasteiger partial charge is 0.168 e. The molecule has 1 rings (SSSR count). The molecular weight excluding hydrogens is 208 g/mol. The molecule has 0 radical (unpaired) electrons. The van der Waals surface area contributed by atoms with Gasteiger partial charge in [-0.1, -0.05) is 20.8 Å². The molecule has 0 aliphatic heterocycles. The minimum atomic E-state index is 0.189. The molecule has 15 heavy (non-hydrogen) atoms. The zero-order chi connectivity index (χ0) is 11.5. The second kappa shape index (κ2) is 4.75. The van der Waals surface area contributed by atoms with Gasteiger partial charge in [0.2, 0.25) is 0 Å². The van der Waals surface area contributed by atoms with E-state index in [9.17, 15) is 4.79 Å². The van der Waals surface area contributed by atoms with E-state index in [0.717, 1.165) is 23.6 Å². The van der Waals surface area contributed by atoms with Crippen molar-refractivity contribution in [2.24, 2.45) is 0 Å². The first kappa shape index (κ1) is 12.2. The van der Waals surface area contributed by atoms with Crippen LogP contribution >= 0.6 is 11.8 Å². The second-order valence-corrected chi connectivity index (χ2v) is 6.17. The summed E-state index contributed by atoms with van der Waals surface area (Å²) in [6.45, 7) is 8.32. The Morgan fingerprint density at radius 2 is 2.07 bits per heavy atom. The molecule has 0 bridgehead atoms. The van der Waals surface area contributed by atoms with Crippen molar-refractivity contribution in [1.29, 1.82) is 0 Å². The van der Waals surface area contributed by atoms with E-state index in [4.69, 9.17) is 0 Å². The van der Waals surface area contributed by atoms with Gasteiger partial charge < -0.3 is 0 Å². The molecule has 0 saturated heterocycles. The number of aryl methyl sites for hydroxylation is 1. The molecule has 0 spiro atoms. The molecule has 82 valence electrons. The Kier molecular flexibility index (Phi) is 3.85. The Balaban J connectivity index is 2.77. The summed E-state index contributed by atoms with van der Waals surface area (Å²) in [4.78, 5) is 19.1. The Labute approximate surface area is 94.7 Å². The molecule has 0 unspecified atom stereocenters. The monoisotopic (exact) mass is 224 g/mol. The van der Waals surface area contributed by atoms with Crippen LogP contribution in [0.1, 0.15) is 42.8 Å². The number of aldehydes is 1. The molecule has 0 aliphatic carbocycles. The lowest BCUT2D eigenvalue weighted by Gasteiger charge is -2.16. The second-order valence-electron chi connectivity index (χ2n) is 4.37. The number of carbonyl (C=O) groups excluding carboxylic acids is 1. The highest BCUT2D eigenvalue weighted by atomic mass is 32.2. The van der Waals surface area contributed by atoms with Crippen LogP contribution in [0.15, 0.2) is 6.07 Å². The molecule has 0 amide bonds. The predicted molar refractivity (Wildman–Crippen MR) is 63.2 cm³/mol. The zero-order valence-electron chi connectivity index (χ0n) is 9.57. The third-order valence-electron chi connectivity index (χ3n) is 1.68. The summed E-state index contributed by atoms with van der Waals surface area (Å²) in [6.07, 6.45) is 0.764. The fraction of sp³-hybridized carbons (Fsp3) is 0.545. The molecule has 4 heteroatoms. The SMILES string of the molecule is Cc1cc(C=O)nc(CSC(C)(C)C)n1. The maximum absolute atomic E-state index is 10.6. The molecule has 0 fully saturated rings. The summed E-state index contributed by atoms with van der Waals surface area (Å²) < 4.78 is 0.189. The van der Waals surface area contributed by atoms with E-state index < -0.39 is 0 Å². The highest BCUT2D eigenvalue weighted by molar-refractivity contribution is 7.99. The number of aromatic nitrogens is 2. The van der Waals surface area contributed by atoms with E-state index in [1.807, 2.05) is 6.92 Å². The zero-order valence-corrected chi connectivity index (χ0v) is 10.4. The van der Waals surface area contributed by atoms with Crippen molar-refractivity contribution in [3.63, 3.8) is 0 Å². The molecule has 0 N–H and O–H groups in total. The first-order chi connectivity index (χ1) is 6.90. The van der Waals surface area contributed by atoms with Crippen LogP contribution in [-0.2, 0) is 5.75 Å². The minimum absolute atomic E-state index is 0.189. The molecule has 1 aromatic rings. The van der Waals surface area contributed by atoms with Crippen molar-refractivity contribution in [2.75, 3.05) is 0 Å². The predicted octanol–water partition coefficient (Wildman–Crippen LogP) is 2.63. The molecule has 0 saturated carbocycles. The molecule has 0 atom stereocenters. The summed E-state index contributed by atoms with van der Waals surface area (Å²) in [6, 6.07) is 1.69. The molecule has 3 nitrogen and oxygen atoms in total. The molecule has 1 aromatic heterocycles. The van der Waals surface area contributed by atoms with E-state index in [2.05, 4.69) is 30.7 Å². The van der Waals surface area contributed by atoms with Gasteiger partial charge in [-0.25, -0.2) is 9.97 Å². The minimum Gasteiger partial charge on any atom is -0.296 e. The maximum atomic E-state index is 10.6. The van der Waals surface area contributed by atoms with Gasteiger partial charge in [0.05, 0.1) is 5.75 Å². The quantitative estimate of drug-likeness (QED) is 0.740. The van der Waals surface area contributed by atoms with Crippen molar-refractivity contribution < 1.29 is 4.79 Å². The molecule has 0 aromatic carbocycles. The van der Waals surface area contributed by atoms with Gasteiger partial charge in [0, 0.05) is 10.4 Å². The van der Waals surface area contributed by atoms with Gasteiger partial charge in [-0.3, -0.25) is 4.79 Å². The molecule has 1 heterocycles. The third-order valence-corrected chi connectivity index (χ3v) is 2.94. The van der Waals surface area contributed by atoms with E-state index in [0.29, 0.717) is 5.69 Å². The summed E-state index contributed by atoms with van der Waals surface area (Å²) >= 11 is 1.77. The number of hydrogen-bond donors (Lipinski definition) is 0. The molecular formula is C11H16N2OS. The van der Waals surface area contributed by atoms with Crippen molar-refractivity contribution in [3.8, 4) is 0 Å². The van der Waals surface area contributed by atoms with Gasteiger partial charge in [0.25, 0.3) is 0 Å². The van der Waals surface area contributed by atoms with Crippen molar-refractivity contribution >= 4 is 18.0 Å². The number of rotatable bonds is 3. The van der Waals surface area contributed by atoms with Crippen LogP contribution in [0.25, 0.3) is 0 Å². The standard InChI is InChI=1S/C11H16N2OS/c1-8-5-9(6-14)13-10(12-8)7-15-11(2,3)4/h5-6H,7H2,1-4H3. The summed E-state index contributed by atoms with van der Waals surface area (Å²) in [5.74, 6) is 1.48. The highest BCUT2D eigenvalue weighted by Gasteiger charge is 2.12. The van der Waals surface area contributed by atoms with Crippen LogP contribution in [0.2, 0.25) is 0 Å². The number of thioether (sulfide) groups is 1. The normalized spacial score (nSPS) is 11.5. The first-order valence-corrected chi connectivity index (χ1v) is 5.83. The highest BCUT2D eigenvalue weighted by Crippen LogP contribution is 2.25. The van der Waals surface area contributed by atoms with E-state index in [1.165, 1.54) is 0 Å². The fourth-order valence-electron chi connectivity index (χ4n) is 1.06. The van der Waals surface area contributed by atoms with Gasteiger partial charge in [0.1, 0.15) is 11.5 Å². The third kappa shape index (κ3) is 4.42. The van der Waals surface area contributed by atoms with Gasteiger partial charge in [-0.15, -0.1) is 11.8 Å². The fourth-order valence-corrected chi connectivity index (χ4v) is 1.75. The Morgan fingerprint density at radius 3 is 2.60 bits per heavy atom. The number of hydrogen-bond acceptors (Lipinski definition) is 4. The topological polar surface area (TPSA) is 42.9 Å². The van der Waals surface area contributed by atoms with Gasteiger partial charge in [0.15, 0.2) is 6.29 Å². The maximum Gasteiger partial charge on any atom is 0.168 e. The van der Waals surface area contributed by atoms with Crippen LogP contribution in [0.4, 0.5) is 0 Å². The van der Waals surface area contributed by atoms with Crippen LogP contribution in [-0.4, -0.2) is 21.0 Å². The Morgan fingerprint density at radius 1 is 1.40 bits per heavy atom. The average molecular weight is 224 g/mol. The Hall–Kier alpha value is -0.900. The first-order valence-electron chi connectivity index (χ1n) is 4.84. The van der Waals surface area contributed by atoms with Crippen molar-refractivity contribution in [3.05, 3.63) is 23.3 Å². The van der Waals surface area contributed by atoms with Crippen LogP contribution in [0.3, 0.4) is 0 Å². The lowest BCUT2D eigenvalue weighted by Crippen LogP contribution is -2.09. The summed E-state index contributed by atoms with van der Waals surface area (Å²) in [7, 11) is 0. The van der Waals surface area contributed by atoms with E-state index >= 15 is 0 Å². The lowest BCUT2D eigenvalue weighted by molar-refractivity contribution is 0.111. The average Bonchev–Trinajstić information content (AvgIpc) is 2.13. The van der Waals surface area contributed by atoms with Gasteiger partial charge in [-0.05, 0) is 13.0 Å². The number of nitrogens with zero attached hydrogens (tertiary/aromatic N) is 2. The van der Waals surface area contributed by atoms with Crippen LogP contribution in [0.5, 0.6) is 0 Å². The van der Waals surface area contributed by atoms with Crippen molar-refractivity contribution in [2.45, 2.75) is 38.2 Å². The van der Waals surface area contributed by atoms with E-state index in [1.54, 1.807) is 17.8 Å².